The number of hydrogen-bond acceptors (Lipinski definition) is 8. The van der Waals surface area contributed by atoms with Crippen molar-refractivity contribution in [1.29, 1.82) is 0 Å². The predicted molar refractivity (Wildman–Crippen MR) is 125 cm³/mol. The fourth-order valence-corrected chi connectivity index (χ4v) is 4.49. The van der Waals surface area contributed by atoms with Crippen LogP contribution in [0, 0.1) is 5.92 Å². The highest BCUT2D eigenvalue weighted by Crippen LogP contribution is 2.34. The summed E-state index contributed by atoms with van der Waals surface area (Å²) < 4.78 is 10.4. The van der Waals surface area contributed by atoms with Crippen molar-refractivity contribution in [2.45, 2.75) is 56.9 Å². The second kappa shape index (κ2) is 10.1. The number of aliphatic hydroxyl groups excluding tert-OH is 4. The first-order chi connectivity index (χ1) is 16.7. The summed E-state index contributed by atoms with van der Waals surface area (Å²) in [5.41, 5.74) is 3.59. The van der Waals surface area contributed by atoms with E-state index >= 15 is 0 Å². The summed E-state index contributed by atoms with van der Waals surface area (Å²) in [5, 5.41) is 49.4. The highest BCUT2D eigenvalue weighted by Gasteiger charge is 2.56. The van der Waals surface area contributed by atoms with Gasteiger partial charge in [0.2, 0.25) is 5.79 Å². The van der Waals surface area contributed by atoms with Gasteiger partial charge in [0.05, 0.1) is 13.2 Å². The molecule has 0 bridgehead atoms. The Hall–Kier alpha value is -2.79. The van der Waals surface area contributed by atoms with Crippen molar-refractivity contribution in [3.8, 4) is 5.75 Å². The number of hydrogen-bond donors (Lipinski definition) is 5. The number of carbonyl (C=O) groups is 1. The standard InChI is InChI=1S/C26H30NO8/c1-14(2)18(17-5-3-4-16(8-17)12-28)9-15-6-7-20-19(10-15)21(11-27-20)34-25(32)23-22(30)24(31)26(33,13-29)35-23/h3-8,10-11,14,18,22-24,28-31,33H,9,12-13H2,1-2H3/q-1. The fraction of sp³-hybridized carbons (Fsp3) is 0.423. The predicted octanol–water partition coefficient (Wildman–Crippen LogP) is 0.978. The molecule has 1 aromatic heterocycles. The molecule has 1 aliphatic rings. The SMILES string of the molecule is CC(C)C(Cc1ccc2[n-]cc(OC(=O)C3OC(O)(CO)C(O)C3O)c2c1)c1cccc(CO)c1. The van der Waals surface area contributed by atoms with E-state index in [9.17, 15) is 30.3 Å². The van der Waals surface area contributed by atoms with Gasteiger partial charge in [0.25, 0.3) is 0 Å². The van der Waals surface area contributed by atoms with Gasteiger partial charge < -0.3 is 40.0 Å². The molecule has 0 amide bonds. The van der Waals surface area contributed by atoms with Crippen LogP contribution in [-0.4, -0.2) is 62.2 Å². The third kappa shape index (κ3) is 4.97. The molecular formula is C26H30NO8-. The maximum absolute atomic E-state index is 12.7. The number of benzene rings is 2. The van der Waals surface area contributed by atoms with Crippen molar-refractivity contribution in [2.75, 3.05) is 6.61 Å². The van der Waals surface area contributed by atoms with Gasteiger partial charge in [-0.3, -0.25) is 0 Å². The average molecular weight is 485 g/mol. The molecule has 2 aromatic carbocycles. The highest BCUT2D eigenvalue weighted by molar-refractivity contribution is 5.90. The van der Waals surface area contributed by atoms with Gasteiger partial charge in [-0.2, -0.15) is 0 Å². The first kappa shape index (κ1) is 25.3. The second-order valence-corrected chi connectivity index (χ2v) is 9.33. The first-order valence-corrected chi connectivity index (χ1v) is 11.5. The Morgan fingerprint density at radius 1 is 1.14 bits per heavy atom. The summed E-state index contributed by atoms with van der Waals surface area (Å²) in [4.78, 5) is 16.9. The zero-order valence-electron chi connectivity index (χ0n) is 19.5. The minimum Gasteiger partial charge on any atom is -0.661 e. The zero-order valence-corrected chi connectivity index (χ0v) is 19.5. The molecule has 1 fully saturated rings. The normalized spacial score (nSPS) is 25.3. The molecule has 0 aliphatic carbocycles. The van der Waals surface area contributed by atoms with Gasteiger partial charge in [-0.15, -0.1) is 11.7 Å². The third-order valence-corrected chi connectivity index (χ3v) is 6.57. The van der Waals surface area contributed by atoms with Crippen LogP contribution < -0.4 is 9.72 Å². The Morgan fingerprint density at radius 2 is 1.91 bits per heavy atom. The number of nitrogens with zero attached hydrogens (tertiary/aromatic N) is 1. The Balaban J connectivity index is 1.56. The molecule has 1 saturated heterocycles. The lowest BCUT2D eigenvalue weighted by Gasteiger charge is -2.22. The van der Waals surface area contributed by atoms with Gasteiger partial charge >= 0.3 is 5.97 Å². The average Bonchev–Trinajstić information content (AvgIpc) is 3.36. The maximum Gasteiger partial charge on any atom is 0.343 e. The lowest BCUT2D eigenvalue weighted by atomic mass is 9.83. The van der Waals surface area contributed by atoms with E-state index in [1.807, 2.05) is 36.4 Å². The number of aliphatic hydroxyl groups is 5. The monoisotopic (exact) mass is 484 g/mol. The number of ether oxygens (including phenoxy) is 2. The van der Waals surface area contributed by atoms with E-state index in [0.29, 0.717) is 23.2 Å². The number of aromatic nitrogens is 1. The first-order valence-electron chi connectivity index (χ1n) is 11.5. The fourth-order valence-electron chi connectivity index (χ4n) is 4.49. The van der Waals surface area contributed by atoms with Gasteiger partial charge in [-0.25, -0.2) is 4.79 Å². The van der Waals surface area contributed by atoms with Crippen LogP contribution in [0.2, 0.25) is 0 Å². The van der Waals surface area contributed by atoms with Gasteiger partial charge in [0.15, 0.2) is 6.10 Å². The van der Waals surface area contributed by atoms with Crippen LogP contribution in [-0.2, 0) is 22.6 Å². The van der Waals surface area contributed by atoms with Crippen LogP contribution in [0.1, 0.15) is 36.5 Å². The molecule has 4 rings (SSSR count). The summed E-state index contributed by atoms with van der Waals surface area (Å²) in [5.74, 6) is -2.82. The van der Waals surface area contributed by atoms with Crippen molar-refractivity contribution >= 4 is 16.9 Å². The van der Waals surface area contributed by atoms with Gasteiger partial charge in [0.1, 0.15) is 18.0 Å². The van der Waals surface area contributed by atoms with E-state index in [4.69, 9.17) is 9.47 Å². The van der Waals surface area contributed by atoms with E-state index in [0.717, 1.165) is 16.7 Å². The second-order valence-electron chi connectivity index (χ2n) is 9.33. The smallest absolute Gasteiger partial charge is 0.343 e. The van der Waals surface area contributed by atoms with Gasteiger partial charge in [0, 0.05) is 5.39 Å². The minimum atomic E-state index is -2.46. The molecule has 3 aromatic rings. The number of fused-ring (bicyclic) bond motifs is 1. The lowest BCUT2D eigenvalue weighted by molar-refractivity contribution is -0.246. The molecule has 0 saturated carbocycles. The van der Waals surface area contributed by atoms with Crippen LogP contribution in [0.25, 0.3) is 10.9 Å². The van der Waals surface area contributed by atoms with Crippen molar-refractivity contribution < 1.29 is 39.8 Å². The summed E-state index contributed by atoms with van der Waals surface area (Å²) in [6.07, 6.45) is -3.23. The minimum absolute atomic E-state index is 0.0231. The van der Waals surface area contributed by atoms with E-state index < -0.39 is 36.7 Å². The van der Waals surface area contributed by atoms with Gasteiger partial charge in [-0.05, 0) is 41.0 Å². The van der Waals surface area contributed by atoms with Crippen molar-refractivity contribution in [3.05, 3.63) is 65.4 Å². The molecule has 188 valence electrons. The highest BCUT2D eigenvalue weighted by atomic mass is 16.7. The molecule has 0 radical (unpaired) electrons. The Kier molecular flexibility index (Phi) is 7.27. The molecule has 5 N–H and O–H groups in total. The number of esters is 1. The molecule has 5 atom stereocenters. The van der Waals surface area contributed by atoms with E-state index in [1.165, 1.54) is 6.20 Å². The van der Waals surface area contributed by atoms with Crippen LogP contribution in [0.15, 0.2) is 48.7 Å². The molecule has 1 aliphatic heterocycles. The summed E-state index contributed by atoms with van der Waals surface area (Å²) in [6.45, 7) is 3.25. The summed E-state index contributed by atoms with van der Waals surface area (Å²) in [7, 11) is 0. The Labute approximate surface area is 202 Å². The molecular weight excluding hydrogens is 454 g/mol. The summed E-state index contributed by atoms with van der Waals surface area (Å²) in [6, 6.07) is 13.6. The van der Waals surface area contributed by atoms with Crippen LogP contribution in [0.4, 0.5) is 0 Å². The molecule has 9 nitrogen and oxygen atoms in total. The Morgan fingerprint density at radius 3 is 2.57 bits per heavy atom. The topological polar surface area (TPSA) is 151 Å². The number of carbonyl (C=O) groups excluding carboxylic acids is 1. The van der Waals surface area contributed by atoms with Crippen LogP contribution in [0.3, 0.4) is 0 Å². The van der Waals surface area contributed by atoms with Crippen molar-refractivity contribution in [1.82, 2.24) is 4.98 Å². The third-order valence-electron chi connectivity index (χ3n) is 6.57. The van der Waals surface area contributed by atoms with E-state index in [-0.39, 0.29) is 18.3 Å². The van der Waals surface area contributed by atoms with Crippen LogP contribution >= 0.6 is 0 Å². The Bertz CT molecular complexity index is 1190. The molecule has 2 heterocycles. The molecule has 0 spiro atoms. The van der Waals surface area contributed by atoms with E-state index in [1.54, 1.807) is 0 Å². The zero-order chi connectivity index (χ0) is 25.3. The quantitative estimate of drug-likeness (QED) is 0.295. The molecule has 5 unspecified atom stereocenters. The van der Waals surface area contributed by atoms with Crippen LogP contribution in [0.5, 0.6) is 5.75 Å². The van der Waals surface area contributed by atoms with Crippen molar-refractivity contribution in [3.63, 3.8) is 0 Å². The largest absolute Gasteiger partial charge is 0.661 e. The molecule has 9 heteroatoms. The molecule has 35 heavy (non-hydrogen) atoms. The van der Waals surface area contributed by atoms with Crippen molar-refractivity contribution in [2.24, 2.45) is 5.92 Å². The number of rotatable bonds is 8. The lowest BCUT2D eigenvalue weighted by Crippen LogP contribution is -2.46. The maximum atomic E-state index is 12.7. The van der Waals surface area contributed by atoms with E-state index in [2.05, 4.69) is 24.9 Å². The van der Waals surface area contributed by atoms with Gasteiger partial charge in [-0.1, -0.05) is 50.2 Å². The summed E-state index contributed by atoms with van der Waals surface area (Å²) >= 11 is 0.